The Morgan fingerprint density at radius 2 is 2.00 bits per heavy atom. The molecule has 0 saturated carbocycles. The molecule has 2 aromatic heterocycles. The van der Waals surface area contributed by atoms with Crippen LogP contribution in [0.5, 0.6) is 0 Å². The van der Waals surface area contributed by atoms with Gasteiger partial charge in [-0.3, -0.25) is 0 Å². The monoisotopic (exact) mass is 221 g/mol. The van der Waals surface area contributed by atoms with E-state index in [0.29, 0.717) is 5.65 Å². The summed E-state index contributed by atoms with van der Waals surface area (Å²) in [4.78, 5) is 14.9. The summed E-state index contributed by atoms with van der Waals surface area (Å²) < 4.78 is 0. The highest BCUT2D eigenvalue weighted by Crippen LogP contribution is 2.12. The Hall–Kier alpha value is -1.07. The molecule has 5 nitrogen and oxygen atoms in total. The van der Waals surface area contributed by atoms with Crippen LogP contribution in [0, 0.1) is 0 Å². The number of aromatic nitrogens is 4. The highest BCUT2D eigenvalue weighted by Gasteiger charge is 2.01. The predicted octanol–water partition coefficient (Wildman–Crippen LogP) is 1.24. The molecule has 0 aromatic carbocycles. The Bertz CT molecular complexity index is 374. The van der Waals surface area contributed by atoms with E-state index in [4.69, 9.17) is 0 Å². The minimum Gasteiger partial charge on any atom is -0.371 e. The molecule has 2 rings (SSSR count). The molecule has 0 amide bonds. The van der Waals surface area contributed by atoms with Crippen LogP contribution in [-0.2, 0) is 0 Å². The van der Waals surface area contributed by atoms with E-state index in [1.165, 1.54) is 6.33 Å². The van der Waals surface area contributed by atoms with Crippen molar-refractivity contribution in [3.63, 3.8) is 0 Å². The minimum absolute atomic E-state index is 0. The summed E-state index contributed by atoms with van der Waals surface area (Å²) >= 11 is 0. The molecule has 2 aromatic rings. The quantitative estimate of drug-likeness (QED) is 0.761. The van der Waals surface area contributed by atoms with Gasteiger partial charge in [0.25, 0.3) is 0 Å². The molecule has 0 unspecified atom stereocenters. The SMILES string of the molecule is CNc1ncnc2nc[nH]c12.Cl.Cl. The maximum Gasteiger partial charge on any atom is 0.182 e. The van der Waals surface area contributed by atoms with Gasteiger partial charge in [0, 0.05) is 7.05 Å². The molecule has 2 heterocycles. The summed E-state index contributed by atoms with van der Waals surface area (Å²) in [6.45, 7) is 0. The van der Waals surface area contributed by atoms with Gasteiger partial charge < -0.3 is 10.3 Å². The third kappa shape index (κ3) is 1.99. The van der Waals surface area contributed by atoms with Crippen molar-refractivity contribution >= 4 is 41.8 Å². The van der Waals surface area contributed by atoms with Crippen molar-refractivity contribution in [2.75, 3.05) is 12.4 Å². The Balaban J connectivity index is 0.000000720. The average Bonchev–Trinajstić information content (AvgIpc) is 2.50. The first-order valence-electron chi connectivity index (χ1n) is 3.23. The molecular formula is C6H9Cl2N5. The van der Waals surface area contributed by atoms with Crippen LogP contribution in [0.3, 0.4) is 0 Å². The molecule has 0 saturated heterocycles. The third-order valence-corrected chi connectivity index (χ3v) is 1.46. The van der Waals surface area contributed by atoms with Gasteiger partial charge >= 0.3 is 0 Å². The summed E-state index contributed by atoms with van der Waals surface area (Å²) in [6.07, 6.45) is 3.08. The van der Waals surface area contributed by atoms with Crippen LogP contribution in [0.4, 0.5) is 5.82 Å². The zero-order chi connectivity index (χ0) is 7.68. The molecule has 0 aliphatic carbocycles. The van der Waals surface area contributed by atoms with Crippen molar-refractivity contribution in [2.45, 2.75) is 0 Å². The van der Waals surface area contributed by atoms with Crippen LogP contribution in [-0.4, -0.2) is 27.0 Å². The van der Waals surface area contributed by atoms with E-state index >= 15 is 0 Å². The number of anilines is 1. The molecule has 0 aliphatic rings. The van der Waals surface area contributed by atoms with E-state index in [2.05, 4.69) is 25.3 Å². The summed E-state index contributed by atoms with van der Waals surface area (Å²) in [7, 11) is 1.81. The standard InChI is InChI=1S/C6H7N5.2ClH/c1-7-5-4-6(10-2-8-4)11-3-9-5;;/h2-3H,1H3,(H2,7,8,9,10,11);2*1H. The first-order chi connectivity index (χ1) is 5.42. The predicted molar refractivity (Wildman–Crippen MR) is 55.7 cm³/mol. The van der Waals surface area contributed by atoms with Crippen LogP contribution < -0.4 is 5.32 Å². The number of hydrogen-bond acceptors (Lipinski definition) is 4. The molecule has 2 N–H and O–H groups in total. The number of nitrogens with zero attached hydrogens (tertiary/aromatic N) is 3. The van der Waals surface area contributed by atoms with Crippen LogP contribution >= 0.6 is 24.8 Å². The van der Waals surface area contributed by atoms with Gasteiger partial charge in [-0.15, -0.1) is 24.8 Å². The van der Waals surface area contributed by atoms with Gasteiger partial charge in [0.15, 0.2) is 11.5 Å². The average molecular weight is 222 g/mol. The summed E-state index contributed by atoms with van der Waals surface area (Å²) in [5.41, 5.74) is 1.53. The Labute approximate surface area is 87.2 Å². The van der Waals surface area contributed by atoms with E-state index in [1.54, 1.807) is 6.33 Å². The van der Waals surface area contributed by atoms with Crippen LogP contribution in [0.25, 0.3) is 11.2 Å². The fourth-order valence-electron chi connectivity index (χ4n) is 0.955. The molecule has 0 atom stereocenters. The van der Waals surface area contributed by atoms with E-state index < -0.39 is 0 Å². The summed E-state index contributed by atoms with van der Waals surface area (Å²) in [5.74, 6) is 0.771. The number of halogens is 2. The van der Waals surface area contributed by atoms with Gasteiger partial charge in [0.2, 0.25) is 0 Å². The van der Waals surface area contributed by atoms with Gasteiger partial charge in [0.05, 0.1) is 6.33 Å². The topological polar surface area (TPSA) is 66.5 Å². The minimum atomic E-state index is 0. The van der Waals surface area contributed by atoms with Gasteiger partial charge in [0.1, 0.15) is 11.8 Å². The zero-order valence-corrected chi connectivity index (χ0v) is 8.45. The number of fused-ring (bicyclic) bond motifs is 1. The molecular weight excluding hydrogens is 213 g/mol. The second-order valence-electron chi connectivity index (χ2n) is 2.07. The number of rotatable bonds is 1. The largest absolute Gasteiger partial charge is 0.371 e. The number of aromatic amines is 1. The summed E-state index contributed by atoms with van der Waals surface area (Å²) in [6, 6.07) is 0. The molecule has 0 aliphatic heterocycles. The van der Waals surface area contributed by atoms with Crippen molar-refractivity contribution < 1.29 is 0 Å². The van der Waals surface area contributed by atoms with Crippen LogP contribution in [0.15, 0.2) is 12.7 Å². The Kier molecular flexibility index (Phi) is 4.44. The van der Waals surface area contributed by atoms with Crippen molar-refractivity contribution in [3.8, 4) is 0 Å². The van der Waals surface area contributed by atoms with Gasteiger partial charge in [-0.25, -0.2) is 15.0 Å². The van der Waals surface area contributed by atoms with Gasteiger partial charge in [-0.05, 0) is 0 Å². The van der Waals surface area contributed by atoms with E-state index in [0.717, 1.165) is 11.3 Å². The molecule has 0 radical (unpaired) electrons. The van der Waals surface area contributed by atoms with Crippen molar-refractivity contribution in [1.82, 2.24) is 19.9 Å². The van der Waals surface area contributed by atoms with Gasteiger partial charge in [-0.1, -0.05) is 0 Å². The van der Waals surface area contributed by atoms with Crippen molar-refractivity contribution in [1.29, 1.82) is 0 Å². The summed E-state index contributed by atoms with van der Waals surface area (Å²) in [5, 5.41) is 2.93. The van der Waals surface area contributed by atoms with Crippen LogP contribution in [0.1, 0.15) is 0 Å². The number of hydrogen-bond donors (Lipinski definition) is 2. The lowest BCUT2D eigenvalue weighted by Crippen LogP contribution is -1.93. The van der Waals surface area contributed by atoms with Crippen molar-refractivity contribution in [3.05, 3.63) is 12.7 Å². The lowest BCUT2D eigenvalue weighted by atomic mass is 10.5. The van der Waals surface area contributed by atoms with E-state index in [-0.39, 0.29) is 24.8 Å². The fourth-order valence-corrected chi connectivity index (χ4v) is 0.955. The Morgan fingerprint density at radius 3 is 2.69 bits per heavy atom. The molecule has 13 heavy (non-hydrogen) atoms. The molecule has 7 heteroatoms. The zero-order valence-electron chi connectivity index (χ0n) is 6.81. The first-order valence-corrected chi connectivity index (χ1v) is 3.23. The first kappa shape index (κ1) is 11.9. The second-order valence-corrected chi connectivity index (χ2v) is 2.07. The van der Waals surface area contributed by atoms with E-state index in [9.17, 15) is 0 Å². The second kappa shape index (κ2) is 4.84. The molecule has 72 valence electrons. The highest BCUT2D eigenvalue weighted by molar-refractivity contribution is 5.85. The molecule has 0 fully saturated rings. The lowest BCUT2D eigenvalue weighted by Gasteiger charge is -1.96. The smallest absolute Gasteiger partial charge is 0.182 e. The Morgan fingerprint density at radius 1 is 1.23 bits per heavy atom. The number of H-pyrrole nitrogens is 1. The number of imidazole rings is 1. The van der Waals surface area contributed by atoms with Crippen molar-refractivity contribution in [2.24, 2.45) is 0 Å². The molecule has 0 spiro atoms. The van der Waals surface area contributed by atoms with Gasteiger partial charge in [-0.2, -0.15) is 0 Å². The van der Waals surface area contributed by atoms with E-state index in [1.807, 2.05) is 7.05 Å². The third-order valence-electron chi connectivity index (χ3n) is 1.46. The molecule has 0 bridgehead atoms. The highest BCUT2D eigenvalue weighted by atomic mass is 35.5. The normalized spacial score (nSPS) is 8.69. The fraction of sp³-hybridized carbons (Fsp3) is 0.167. The lowest BCUT2D eigenvalue weighted by molar-refractivity contribution is 1.19. The van der Waals surface area contributed by atoms with Crippen LogP contribution in [0.2, 0.25) is 0 Å². The maximum atomic E-state index is 4.00. The maximum absolute atomic E-state index is 4.00. The number of nitrogens with one attached hydrogen (secondary N) is 2.